The van der Waals surface area contributed by atoms with Crippen molar-refractivity contribution in [1.29, 1.82) is 5.26 Å². The molecule has 0 atom stereocenters. The van der Waals surface area contributed by atoms with E-state index in [0.717, 1.165) is 33.7 Å². The van der Waals surface area contributed by atoms with Gasteiger partial charge in [0.25, 0.3) is 0 Å². The molecule has 1 heterocycles. The summed E-state index contributed by atoms with van der Waals surface area (Å²) in [4.78, 5) is 13.0. The Morgan fingerprint density at radius 3 is 2.38 bits per heavy atom. The zero-order valence-electron chi connectivity index (χ0n) is 17.4. The minimum atomic E-state index is -0.528. The third-order valence-corrected chi connectivity index (χ3v) is 5.77. The van der Waals surface area contributed by atoms with Crippen molar-refractivity contribution in [3.05, 3.63) is 58.1 Å². The smallest absolute Gasteiger partial charge is 0.319 e. The van der Waals surface area contributed by atoms with E-state index in [2.05, 4.69) is 16.7 Å². The largest absolute Gasteiger partial charge is 0.496 e. The molecule has 6 heteroatoms. The van der Waals surface area contributed by atoms with Gasteiger partial charge in [0.1, 0.15) is 5.75 Å². The lowest BCUT2D eigenvalue weighted by atomic mass is 9.82. The first-order chi connectivity index (χ1) is 13.9. The number of anilines is 1. The molecular formula is C23H27N3O3. The molecule has 2 amide bonds. The second-order valence-corrected chi connectivity index (χ2v) is 7.48. The van der Waals surface area contributed by atoms with Gasteiger partial charge in [0.15, 0.2) is 0 Å². The number of rotatable bonds is 4. The normalized spacial score (nSPS) is 15.3. The number of hydrogen-bond acceptors (Lipinski definition) is 4. The van der Waals surface area contributed by atoms with Gasteiger partial charge >= 0.3 is 6.03 Å². The highest BCUT2D eigenvalue weighted by molar-refractivity contribution is 5.92. The van der Waals surface area contributed by atoms with E-state index < -0.39 is 5.54 Å². The van der Waals surface area contributed by atoms with E-state index in [-0.39, 0.29) is 6.03 Å². The topological polar surface area (TPSA) is 83.4 Å². The third-order valence-electron chi connectivity index (χ3n) is 5.77. The van der Waals surface area contributed by atoms with Gasteiger partial charge in [0.2, 0.25) is 0 Å². The lowest BCUT2D eigenvalue weighted by molar-refractivity contribution is 0.0418. The second-order valence-electron chi connectivity index (χ2n) is 7.48. The highest BCUT2D eigenvalue weighted by atomic mass is 16.5. The Morgan fingerprint density at radius 1 is 1.14 bits per heavy atom. The fraction of sp³-hybridized carbons (Fsp3) is 0.391. The van der Waals surface area contributed by atoms with E-state index in [9.17, 15) is 4.79 Å². The summed E-state index contributed by atoms with van der Waals surface area (Å²) in [6.07, 6.45) is 1.35. The van der Waals surface area contributed by atoms with Crippen molar-refractivity contribution < 1.29 is 14.3 Å². The Bertz CT molecular complexity index is 939. The number of nitrogens with zero attached hydrogens (tertiary/aromatic N) is 1. The number of urea groups is 1. The molecule has 0 radical (unpaired) electrons. The first kappa shape index (κ1) is 20.7. The number of carbonyl (C=O) groups is 1. The Kier molecular flexibility index (Phi) is 6.09. The molecule has 2 N–H and O–H groups in total. The minimum absolute atomic E-state index is 0.257. The summed E-state index contributed by atoms with van der Waals surface area (Å²) < 4.78 is 10.9. The van der Waals surface area contributed by atoms with Gasteiger partial charge in [-0.1, -0.05) is 12.1 Å². The number of benzene rings is 2. The Morgan fingerprint density at radius 2 is 1.79 bits per heavy atom. The van der Waals surface area contributed by atoms with Gasteiger partial charge in [-0.15, -0.1) is 0 Å². The number of nitrogens with one attached hydrogen (secondary N) is 2. The van der Waals surface area contributed by atoms with Crippen LogP contribution in [0.15, 0.2) is 30.3 Å². The van der Waals surface area contributed by atoms with Crippen LogP contribution in [0, 0.1) is 32.1 Å². The summed E-state index contributed by atoms with van der Waals surface area (Å²) in [6.45, 7) is 7.05. The van der Waals surface area contributed by atoms with Crippen molar-refractivity contribution in [2.75, 3.05) is 25.6 Å². The SMILES string of the molecule is COc1cc(C)c(NC(=O)NC2(c3ccc(C#N)cc3)CCOCC2)c(C)c1C. The van der Waals surface area contributed by atoms with Crippen molar-refractivity contribution in [3.63, 3.8) is 0 Å². The van der Waals surface area contributed by atoms with Crippen molar-refractivity contribution in [2.24, 2.45) is 0 Å². The van der Waals surface area contributed by atoms with Crippen LogP contribution in [0.3, 0.4) is 0 Å². The van der Waals surface area contributed by atoms with Gasteiger partial charge in [-0.25, -0.2) is 4.79 Å². The van der Waals surface area contributed by atoms with E-state index in [1.54, 1.807) is 19.2 Å². The molecule has 0 bridgehead atoms. The van der Waals surface area contributed by atoms with Crippen molar-refractivity contribution >= 4 is 11.7 Å². The average molecular weight is 393 g/mol. The van der Waals surface area contributed by atoms with Crippen LogP contribution in [0.5, 0.6) is 5.75 Å². The lowest BCUT2D eigenvalue weighted by Crippen LogP contribution is -2.51. The molecule has 1 aliphatic rings. The van der Waals surface area contributed by atoms with Crippen molar-refractivity contribution in [1.82, 2.24) is 5.32 Å². The molecular weight excluding hydrogens is 366 g/mol. The first-order valence-corrected chi connectivity index (χ1v) is 9.72. The van der Waals surface area contributed by atoms with Gasteiger partial charge in [0, 0.05) is 18.9 Å². The monoisotopic (exact) mass is 393 g/mol. The van der Waals surface area contributed by atoms with Crippen LogP contribution in [0.4, 0.5) is 10.5 Å². The van der Waals surface area contributed by atoms with E-state index in [4.69, 9.17) is 14.7 Å². The van der Waals surface area contributed by atoms with Crippen LogP contribution in [0.1, 0.15) is 40.7 Å². The molecule has 1 saturated heterocycles. The molecule has 0 aliphatic carbocycles. The molecule has 6 nitrogen and oxygen atoms in total. The summed E-state index contributed by atoms with van der Waals surface area (Å²) in [5, 5.41) is 15.3. The fourth-order valence-corrected chi connectivity index (χ4v) is 3.88. The van der Waals surface area contributed by atoms with Crippen LogP contribution in [-0.2, 0) is 10.3 Å². The molecule has 1 aliphatic heterocycles. The van der Waals surface area contributed by atoms with Crippen LogP contribution in [-0.4, -0.2) is 26.4 Å². The highest BCUT2D eigenvalue weighted by Crippen LogP contribution is 2.34. The van der Waals surface area contributed by atoms with E-state index >= 15 is 0 Å². The zero-order chi connectivity index (χ0) is 21.0. The van der Waals surface area contributed by atoms with E-state index in [1.807, 2.05) is 39.0 Å². The van der Waals surface area contributed by atoms with Crippen molar-refractivity contribution in [3.8, 4) is 11.8 Å². The van der Waals surface area contributed by atoms with Gasteiger partial charge in [-0.3, -0.25) is 0 Å². The van der Waals surface area contributed by atoms with E-state index in [0.29, 0.717) is 31.6 Å². The van der Waals surface area contributed by atoms with E-state index in [1.165, 1.54) is 0 Å². The molecule has 152 valence electrons. The summed E-state index contributed by atoms with van der Waals surface area (Å²) in [5.41, 5.74) is 4.77. The molecule has 29 heavy (non-hydrogen) atoms. The van der Waals surface area contributed by atoms with Crippen molar-refractivity contribution in [2.45, 2.75) is 39.2 Å². The molecule has 1 fully saturated rings. The number of aryl methyl sites for hydroxylation is 1. The van der Waals surface area contributed by atoms with Crippen LogP contribution in [0.25, 0.3) is 0 Å². The number of ether oxygens (including phenoxy) is 2. The van der Waals surface area contributed by atoms with Gasteiger partial charge in [-0.05, 0) is 74.1 Å². The minimum Gasteiger partial charge on any atom is -0.496 e. The number of nitriles is 1. The Balaban J connectivity index is 1.86. The molecule has 0 saturated carbocycles. The van der Waals surface area contributed by atoms with Crippen LogP contribution in [0.2, 0.25) is 0 Å². The van der Waals surface area contributed by atoms with Crippen LogP contribution < -0.4 is 15.4 Å². The second kappa shape index (κ2) is 8.54. The number of hydrogen-bond donors (Lipinski definition) is 2. The average Bonchev–Trinajstić information content (AvgIpc) is 2.74. The molecule has 0 aromatic heterocycles. The summed E-state index contributed by atoms with van der Waals surface area (Å²) in [6, 6.07) is 11.2. The van der Waals surface area contributed by atoms with Gasteiger partial charge in [0.05, 0.1) is 24.3 Å². The predicted molar refractivity (Wildman–Crippen MR) is 112 cm³/mol. The molecule has 2 aromatic carbocycles. The number of carbonyl (C=O) groups excluding carboxylic acids is 1. The molecule has 2 aromatic rings. The quantitative estimate of drug-likeness (QED) is 0.810. The third kappa shape index (κ3) is 4.20. The Hall–Kier alpha value is -3.04. The van der Waals surface area contributed by atoms with Gasteiger partial charge in [-0.2, -0.15) is 5.26 Å². The zero-order valence-corrected chi connectivity index (χ0v) is 17.4. The maximum atomic E-state index is 13.0. The summed E-state index contributed by atoms with van der Waals surface area (Å²) in [7, 11) is 1.65. The van der Waals surface area contributed by atoms with Gasteiger partial charge < -0.3 is 20.1 Å². The molecule has 0 unspecified atom stereocenters. The summed E-state index contributed by atoms with van der Waals surface area (Å²) >= 11 is 0. The summed E-state index contributed by atoms with van der Waals surface area (Å²) in [5.74, 6) is 0.810. The standard InChI is InChI=1S/C23H27N3O3/c1-15-13-20(28-4)16(2)17(3)21(15)25-22(27)26-23(9-11-29-12-10-23)19-7-5-18(14-24)6-8-19/h5-8,13H,9-12H2,1-4H3,(H2,25,26,27). The first-order valence-electron chi connectivity index (χ1n) is 9.72. The molecule has 0 spiro atoms. The highest BCUT2D eigenvalue weighted by Gasteiger charge is 2.36. The lowest BCUT2D eigenvalue weighted by Gasteiger charge is -2.38. The van der Waals surface area contributed by atoms with Crippen LogP contribution >= 0.6 is 0 Å². The Labute approximate surface area is 171 Å². The molecule has 3 rings (SSSR count). The maximum Gasteiger partial charge on any atom is 0.319 e. The maximum absolute atomic E-state index is 13.0. The number of methoxy groups -OCH3 is 1. The number of amides is 2. The predicted octanol–water partition coefficient (Wildman–Crippen LogP) is 4.32. The fourth-order valence-electron chi connectivity index (χ4n) is 3.88.